The van der Waals surface area contributed by atoms with Crippen molar-refractivity contribution in [1.82, 2.24) is 0 Å². The summed E-state index contributed by atoms with van der Waals surface area (Å²) in [5, 5.41) is 0. The molecular formula is C2H10SiZn. The second kappa shape index (κ2) is 43.9. The number of rotatable bonds is 0. The first-order valence-corrected chi connectivity index (χ1v) is 1.00. The Kier molecular flexibility index (Phi) is 231. The predicted octanol–water partition coefficient (Wildman–Crippen LogP) is -0.428. The smallest absolute Gasteiger partial charge is 0 e. The van der Waals surface area contributed by atoms with E-state index < -0.39 is 0 Å². The molecule has 0 aliphatic heterocycles. The normalized spacial score (nSPS) is 1.50. The second-order valence-electron chi connectivity index (χ2n) is 0. The van der Waals surface area contributed by atoms with Crippen LogP contribution in [0.15, 0.2) is 0 Å². The average molecular weight is 128 g/mol. The van der Waals surface area contributed by atoms with Gasteiger partial charge in [-0.25, -0.2) is 0 Å². The van der Waals surface area contributed by atoms with E-state index in [-0.39, 0.29) is 30.4 Å². The maximum atomic E-state index is 2.00. The molecule has 0 unspecified atom stereocenters. The first kappa shape index (κ1) is 21.1. The van der Waals surface area contributed by atoms with Crippen LogP contribution in [-0.4, -0.2) is 11.0 Å². The summed E-state index contributed by atoms with van der Waals surface area (Å²) in [4.78, 5) is 0. The molecule has 4 heavy (non-hydrogen) atoms. The van der Waals surface area contributed by atoms with Crippen LogP contribution in [0, 0.1) is 0 Å². The fourth-order valence-corrected chi connectivity index (χ4v) is 0. The minimum Gasteiger partial charge on any atom is -0.0683 e. The molecule has 0 aromatic heterocycles. The van der Waals surface area contributed by atoms with E-state index in [1.165, 1.54) is 0 Å². The topological polar surface area (TPSA) is 0 Å². The standard InChI is InChI=1S/C2H6.H4Si.Zn/c1-2;;/h1-2H3;1H4;. The molecule has 0 aromatic carbocycles. The first-order valence-electron chi connectivity index (χ1n) is 1.00. The second-order valence-corrected chi connectivity index (χ2v) is 0. The molecule has 0 aromatic rings. The van der Waals surface area contributed by atoms with Gasteiger partial charge in [-0.05, 0) is 11.0 Å². The summed E-state index contributed by atoms with van der Waals surface area (Å²) in [6, 6.07) is 0. The van der Waals surface area contributed by atoms with Crippen molar-refractivity contribution in [3.8, 4) is 0 Å². The van der Waals surface area contributed by atoms with Gasteiger partial charge in [0.05, 0.1) is 0 Å². The number of hydrogen-bond acceptors (Lipinski definition) is 0. The summed E-state index contributed by atoms with van der Waals surface area (Å²) in [6.07, 6.45) is 0. The van der Waals surface area contributed by atoms with E-state index >= 15 is 0 Å². The molecule has 24 valence electrons. The zero-order valence-electron chi connectivity index (χ0n) is 2.71. The molecule has 0 atom stereocenters. The van der Waals surface area contributed by atoms with Crippen molar-refractivity contribution in [3.63, 3.8) is 0 Å². The van der Waals surface area contributed by atoms with Crippen LogP contribution in [0.3, 0.4) is 0 Å². The molecule has 0 rings (SSSR count). The fourth-order valence-electron chi connectivity index (χ4n) is 0. The zero-order chi connectivity index (χ0) is 2.00. The Morgan fingerprint density at radius 1 is 1.00 bits per heavy atom. The third-order valence-electron chi connectivity index (χ3n) is 0. The van der Waals surface area contributed by atoms with E-state index in [2.05, 4.69) is 0 Å². The van der Waals surface area contributed by atoms with Crippen LogP contribution in [-0.2, 0) is 19.5 Å². The summed E-state index contributed by atoms with van der Waals surface area (Å²) in [7, 11) is 0. The van der Waals surface area contributed by atoms with Gasteiger partial charge in [0.1, 0.15) is 0 Å². The Bertz CT molecular complexity index is 6.00. The van der Waals surface area contributed by atoms with Crippen LogP contribution in [0.25, 0.3) is 0 Å². The van der Waals surface area contributed by atoms with Crippen LogP contribution in [0.5, 0.6) is 0 Å². The van der Waals surface area contributed by atoms with Gasteiger partial charge in [0.2, 0.25) is 0 Å². The summed E-state index contributed by atoms with van der Waals surface area (Å²) in [5.41, 5.74) is 0. The van der Waals surface area contributed by atoms with Crippen molar-refractivity contribution in [3.05, 3.63) is 0 Å². The molecule has 2 heteroatoms. The van der Waals surface area contributed by atoms with E-state index in [1.807, 2.05) is 13.8 Å². The molecule has 0 spiro atoms. The van der Waals surface area contributed by atoms with Gasteiger partial charge in [-0.2, -0.15) is 0 Å². The van der Waals surface area contributed by atoms with Gasteiger partial charge in [-0.15, -0.1) is 0 Å². The van der Waals surface area contributed by atoms with Gasteiger partial charge in [-0.1, -0.05) is 13.8 Å². The maximum Gasteiger partial charge on any atom is 0 e. The Morgan fingerprint density at radius 3 is 1.00 bits per heavy atom. The van der Waals surface area contributed by atoms with Crippen LogP contribution in [0.2, 0.25) is 0 Å². The molecule has 0 heterocycles. The summed E-state index contributed by atoms with van der Waals surface area (Å²) >= 11 is 0. The van der Waals surface area contributed by atoms with E-state index in [4.69, 9.17) is 0 Å². The van der Waals surface area contributed by atoms with Crippen LogP contribution in [0.1, 0.15) is 13.8 Å². The average Bonchev–Trinajstić information content (AvgIpc) is 1.00. The summed E-state index contributed by atoms with van der Waals surface area (Å²) < 4.78 is 0. The molecule has 0 fully saturated rings. The van der Waals surface area contributed by atoms with Gasteiger partial charge in [-0.3, -0.25) is 0 Å². The first-order chi connectivity index (χ1) is 1.00. The van der Waals surface area contributed by atoms with Crippen molar-refractivity contribution in [1.29, 1.82) is 0 Å². The van der Waals surface area contributed by atoms with E-state index in [0.29, 0.717) is 0 Å². The van der Waals surface area contributed by atoms with Crippen molar-refractivity contribution in [2.24, 2.45) is 0 Å². The minimum atomic E-state index is 0. The maximum absolute atomic E-state index is 2.00. The quantitative estimate of drug-likeness (QED) is 0.388. The third-order valence-corrected chi connectivity index (χ3v) is 0. The molecular weight excluding hydrogens is 117 g/mol. The van der Waals surface area contributed by atoms with Gasteiger partial charge in [0, 0.05) is 19.5 Å². The molecule has 0 nitrogen and oxygen atoms in total. The van der Waals surface area contributed by atoms with E-state index in [0.717, 1.165) is 0 Å². The largest absolute Gasteiger partial charge is 0.0683 e. The summed E-state index contributed by atoms with van der Waals surface area (Å²) in [6.45, 7) is 4.00. The van der Waals surface area contributed by atoms with Crippen LogP contribution < -0.4 is 0 Å². The number of hydrogen-bond donors (Lipinski definition) is 0. The van der Waals surface area contributed by atoms with Crippen molar-refractivity contribution >= 4 is 11.0 Å². The SMILES string of the molecule is CC.[SiH4].[Zn]. The molecule has 0 N–H and O–H groups in total. The molecule has 0 saturated carbocycles. The minimum absolute atomic E-state index is 0. The Labute approximate surface area is 44.8 Å². The summed E-state index contributed by atoms with van der Waals surface area (Å²) in [5.74, 6) is 0. The van der Waals surface area contributed by atoms with Crippen LogP contribution in [0.4, 0.5) is 0 Å². The molecule has 0 aliphatic carbocycles. The van der Waals surface area contributed by atoms with E-state index in [9.17, 15) is 0 Å². The van der Waals surface area contributed by atoms with Crippen molar-refractivity contribution in [2.45, 2.75) is 13.8 Å². The molecule has 0 aliphatic rings. The van der Waals surface area contributed by atoms with Gasteiger partial charge < -0.3 is 0 Å². The van der Waals surface area contributed by atoms with Crippen molar-refractivity contribution < 1.29 is 19.5 Å². The molecule has 0 amide bonds. The third kappa shape index (κ3) is 13.6. The van der Waals surface area contributed by atoms with Gasteiger partial charge >= 0.3 is 0 Å². The van der Waals surface area contributed by atoms with Crippen molar-refractivity contribution in [2.75, 3.05) is 0 Å². The zero-order valence-corrected chi connectivity index (χ0v) is 5.67. The molecule has 0 radical (unpaired) electrons. The Morgan fingerprint density at radius 2 is 1.00 bits per heavy atom. The monoisotopic (exact) mass is 126 g/mol. The Balaban J connectivity index is -0.00000000500. The van der Waals surface area contributed by atoms with Gasteiger partial charge in [0.15, 0.2) is 0 Å². The van der Waals surface area contributed by atoms with E-state index in [1.54, 1.807) is 0 Å². The molecule has 0 saturated heterocycles. The van der Waals surface area contributed by atoms with Gasteiger partial charge in [0.25, 0.3) is 0 Å². The predicted molar refractivity (Wildman–Crippen MR) is 22.7 cm³/mol. The Hall–Kier alpha value is 0.840. The molecule has 0 bridgehead atoms. The fraction of sp³-hybridized carbons (Fsp3) is 1.00. The van der Waals surface area contributed by atoms with Crippen LogP contribution >= 0.6 is 0 Å².